The molecule has 0 saturated carbocycles. The summed E-state index contributed by atoms with van der Waals surface area (Å²) in [5, 5.41) is 9.67. The topological polar surface area (TPSA) is 54.1 Å². The number of hydrogen-bond acceptors (Lipinski definition) is 3. The Kier molecular flexibility index (Phi) is 2.97. The van der Waals surface area contributed by atoms with Crippen molar-refractivity contribution >= 4 is 27.5 Å². The maximum absolute atomic E-state index is 10.6. The first-order chi connectivity index (χ1) is 9.22. The molecule has 3 rings (SSSR count). The van der Waals surface area contributed by atoms with E-state index in [1.54, 1.807) is 28.3 Å². The van der Waals surface area contributed by atoms with Gasteiger partial charge in [-0.15, -0.1) is 11.3 Å². The van der Waals surface area contributed by atoms with Crippen LogP contribution in [-0.2, 0) is 11.3 Å². The lowest BCUT2D eigenvalue weighted by molar-refractivity contribution is -0.685. The smallest absolute Gasteiger partial charge is 0.370 e. The van der Waals surface area contributed by atoms with Gasteiger partial charge in [-0.2, -0.15) is 4.57 Å². The molecule has 0 fully saturated rings. The molecule has 0 bridgehead atoms. The number of thiazole rings is 1. The van der Waals surface area contributed by atoms with E-state index in [1.165, 1.54) is 0 Å². The minimum Gasteiger partial charge on any atom is -0.477 e. The summed E-state index contributed by atoms with van der Waals surface area (Å²) < 4.78 is 2.78. The molecule has 2 aromatic heterocycles. The molecule has 1 N–H and O–H groups in total. The normalized spacial score (nSPS) is 10.7. The summed E-state index contributed by atoms with van der Waals surface area (Å²) in [5.41, 5.74) is 1.99. The number of nitrogens with zero attached hydrogens (tertiary/aromatic N) is 2. The third-order valence-electron chi connectivity index (χ3n) is 2.75. The van der Waals surface area contributed by atoms with Crippen LogP contribution in [-0.4, -0.2) is 16.1 Å². The zero-order valence-corrected chi connectivity index (χ0v) is 10.8. The summed E-state index contributed by atoms with van der Waals surface area (Å²) in [6.45, 7) is -0.0277. The molecule has 94 valence electrons. The molecule has 1 aromatic carbocycles. The molecule has 2 heterocycles. The monoisotopic (exact) mass is 271 g/mol. The summed E-state index contributed by atoms with van der Waals surface area (Å²) in [4.78, 5) is 15.2. The Morgan fingerprint density at radius 1 is 1.21 bits per heavy atom. The van der Waals surface area contributed by atoms with E-state index >= 15 is 0 Å². The summed E-state index contributed by atoms with van der Waals surface area (Å²) >= 11 is 1.63. The molecule has 0 spiro atoms. The van der Waals surface area contributed by atoms with Crippen molar-refractivity contribution in [3.05, 3.63) is 48.8 Å². The van der Waals surface area contributed by atoms with Crippen molar-refractivity contribution in [3.63, 3.8) is 0 Å². The first-order valence-electron chi connectivity index (χ1n) is 5.79. The van der Waals surface area contributed by atoms with Gasteiger partial charge >= 0.3 is 5.97 Å². The Morgan fingerprint density at radius 3 is 2.63 bits per heavy atom. The van der Waals surface area contributed by atoms with Crippen LogP contribution in [0.5, 0.6) is 0 Å². The number of para-hydroxylation sites is 1. The largest absolute Gasteiger partial charge is 0.477 e. The van der Waals surface area contributed by atoms with Crippen LogP contribution < -0.4 is 4.57 Å². The number of carbonyl (C=O) groups is 1. The van der Waals surface area contributed by atoms with E-state index in [0.29, 0.717) is 0 Å². The van der Waals surface area contributed by atoms with Gasteiger partial charge in [0.25, 0.3) is 0 Å². The average Bonchev–Trinajstić information content (AvgIpc) is 2.82. The number of aliphatic carboxylic acids is 1. The summed E-state index contributed by atoms with van der Waals surface area (Å²) in [6.07, 6.45) is 3.52. The van der Waals surface area contributed by atoms with Crippen molar-refractivity contribution in [2.75, 3.05) is 0 Å². The van der Waals surface area contributed by atoms with Gasteiger partial charge in [-0.3, -0.25) is 0 Å². The zero-order chi connectivity index (χ0) is 13.2. The number of benzene rings is 1. The van der Waals surface area contributed by atoms with Crippen LogP contribution in [0.15, 0.2) is 48.8 Å². The number of carboxylic acid groups (broad SMARTS) is 1. The molecule has 0 saturated heterocycles. The molecule has 0 aliphatic carbocycles. The molecule has 0 aliphatic heterocycles. The van der Waals surface area contributed by atoms with E-state index in [2.05, 4.69) is 4.98 Å². The van der Waals surface area contributed by atoms with Crippen molar-refractivity contribution in [2.45, 2.75) is 6.54 Å². The minimum atomic E-state index is -0.849. The second-order valence-electron chi connectivity index (χ2n) is 4.14. The lowest BCUT2D eigenvalue weighted by Crippen LogP contribution is -2.36. The molecule has 0 radical (unpaired) electrons. The molecular weight excluding hydrogens is 260 g/mol. The van der Waals surface area contributed by atoms with Gasteiger partial charge in [-0.25, -0.2) is 9.78 Å². The van der Waals surface area contributed by atoms with Gasteiger partial charge in [0.1, 0.15) is 5.01 Å². The lowest BCUT2D eigenvalue weighted by atomic mass is 10.3. The van der Waals surface area contributed by atoms with Gasteiger partial charge < -0.3 is 5.11 Å². The molecule has 0 unspecified atom stereocenters. The lowest BCUT2D eigenvalue weighted by Gasteiger charge is -1.95. The van der Waals surface area contributed by atoms with Gasteiger partial charge in [-0.1, -0.05) is 12.1 Å². The fraction of sp³-hybridized carbons (Fsp3) is 0.0714. The van der Waals surface area contributed by atoms with Crippen molar-refractivity contribution < 1.29 is 14.5 Å². The van der Waals surface area contributed by atoms with Gasteiger partial charge in [-0.05, 0) is 12.1 Å². The Labute approximate surface area is 113 Å². The van der Waals surface area contributed by atoms with Crippen LogP contribution in [0.4, 0.5) is 0 Å². The van der Waals surface area contributed by atoms with Gasteiger partial charge in [0.05, 0.1) is 10.2 Å². The molecule has 0 atom stereocenters. The standard InChI is InChI=1S/C14H10N2O2S/c17-13(18)9-16-7-5-10(6-8-16)14-15-11-3-1-2-4-12(11)19-14/h1-8H,9H2/p+1. The first kappa shape index (κ1) is 11.8. The molecule has 19 heavy (non-hydrogen) atoms. The number of fused-ring (bicyclic) bond motifs is 1. The Balaban J connectivity index is 1.95. The highest BCUT2D eigenvalue weighted by atomic mass is 32.1. The van der Waals surface area contributed by atoms with Crippen LogP contribution in [0.25, 0.3) is 20.8 Å². The maximum Gasteiger partial charge on any atom is 0.370 e. The SMILES string of the molecule is O=C(O)C[n+]1ccc(-c2nc3ccccc3s2)cc1. The van der Waals surface area contributed by atoms with E-state index in [4.69, 9.17) is 5.11 Å². The second kappa shape index (κ2) is 4.78. The number of carboxylic acids is 1. The first-order valence-corrected chi connectivity index (χ1v) is 6.61. The highest BCUT2D eigenvalue weighted by molar-refractivity contribution is 7.21. The van der Waals surface area contributed by atoms with Crippen molar-refractivity contribution in [2.24, 2.45) is 0 Å². The van der Waals surface area contributed by atoms with Crippen molar-refractivity contribution in [1.82, 2.24) is 4.98 Å². The number of rotatable bonds is 3. The zero-order valence-electron chi connectivity index (χ0n) is 9.98. The van der Waals surface area contributed by atoms with E-state index in [-0.39, 0.29) is 6.54 Å². The molecule has 0 aliphatic rings. The molecular formula is C14H11N2O2S+. The predicted octanol–water partition coefficient (Wildman–Crippen LogP) is 2.34. The summed E-state index contributed by atoms with van der Waals surface area (Å²) in [6, 6.07) is 11.8. The Bertz CT molecular complexity index is 702. The van der Waals surface area contributed by atoms with Crippen LogP contribution in [0.2, 0.25) is 0 Å². The van der Waals surface area contributed by atoms with Crippen molar-refractivity contribution in [3.8, 4) is 10.6 Å². The fourth-order valence-corrected chi connectivity index (χ4v) is 2.83. The number of aromatic nitrogens is 2. The summed E-state index contributed by atoms with van der Waals surface area (Å²) in [7, 11) is 0. The fourth-order valence-electron chi connectivity index (χ4n) is 1.86. The van der Waals surface area contributed by atoms with E-state index in [0.717, 1.165) is 20.8 Å². The van der Waals surface area contributed by atoms with Crippen LogP contribution in [0, 0.1) is 0 Å². The van der Waals surface area contributed by atoms with E-state index < -0.39 is 5.97 Å². The van der Waals surface area contributed by atoms with Crippen LogP contribution >= 0.6 is 11.3 Å². The highest BCUT2D eigenvalue weighted by Gasteiger charge is 2.10. The third kappa shape index (κ3) is 2.46. The Morgan fingerprint density at radius 2 is 1.95 bits per heavy atom. The molecule has 4 nitrogen and oxygen atoms in total. The van der Waals surface area contributed by atoms with E-state index in [9.17, 15) is 4.79 Å². The quantitative estimate of drug-likeness (QED) is 0.744. The molecule has 5 heteroatoms. The number of hydrogen-bond donors (Lipinski definition) is 1. The van der Waals surface area contributed by atoms with Crippen LogP contribution in [0.1, 0.15) is 0 Å². The molecule has 3 aromatic rings. The number of pyridine rings is 1. The highest BCUT2D eigenvalue weighted by Crippen LogP contribution is 2.29. The predicted molar refractivity (Wildman–Crippen MR) is 72.9 cm³/mol. The van der Waals surface area contributed by atoms with Crippen LogP contribution in [0.3, 0.4) is 0 Å². The third-order valence-corrected chi connectivity index (χ3v) is 3.84. The van der Waals surface area contributed by atoms with Gasteiger partial charge in [0, 0.05) is 17.7 Å². The summed E-state index contributed by atoms with van der Waals surface area (Å²) in [5.74, 6) is -0.849. The molecule has 0 amide bonds. The Hall–Kier alpha value is -2.27. The average molecular weight is 271 g/mol. The van der Waals surface area contributed by atoms with Gasteiger partial charge in [0.2, 0.25) is 6.54 Å². The van der Waals surface area contributed by atoms with Crippen molar-refractivity contribution in [1.29, 1.82) is 0 Å². The van der Waals surface area contributed by atoms with E-state index in [1.807, 2.05) is 36.4 Å². The minimum absolute atomic E-state index is 0.0277. The maximum atomic E-state index is 10.6. The second-order valence-corrected chi connectivity index (χ2v) is 5.17. The van der Waals surface area contributed by atoms with Gasteiger partial charge in [0.15, 0.2) is 12.4 Å².